The van der Waals surface area contributed by atoms with E-state index in [2.05, 4.69) is 87.1 Å². The fourth-order valence-electron chi connectivity index (χ4n) is 3.25. The number of H-pyrrole nitrogens is 1. The standard InChI is InChI=1S/C22H23N5/c1-15(17-6-4-3-5-7-17)26-21-19-12-20(27-22(19)25-14-24-21)18-10-8-16(9-11-18)13-23-2/h3-12,14-15,23H,13H2,1-2H3,(H2,24,25,26,27)/t15-/m1/s1. The van der Waals surface area contributed by atoms with Gasteiger partial charge in [0.25, 0.3) is 0 Å². The summed E-state index contributed by atoms with van der Waals surface area (Å²) in [6.07, 6.45) is 1.60. The number of anilines is 1. The van der Waals surface area contributed by atoms with Crippen molar-refractivity contribution in [2.45, 2.75) is 19.5 Å². The maximum atomic E-state index is 4.47. The fraction of sp³-hybridized carbons (Fsp3) is 0.182. The Labute approximate surface area is 158 Å². The first-order valence-corrected chi connectivity index (χ1v) is 9.13. The maximum absolute atomic E-state index is 4.47. The molecule has 0 amide bonds. The third-order valence-corrected chi connectivity index (χ3v) is 4.72. The summed E-state index contributed by atoms with van der Waals surface area (Å²) in [6.45, 7) is 3.00. The van der Waals surface area contributed by atoms with Gasteiger partial charge in [0.05, 0.1) is 5.39 Å². The highest BCUT2D eigenvalue weighted by Gasteiger charge is 2.12. The zero-order valence-corrected chi connectivity index (χ0v) is 15.5. The number of fused-ring (bicyclic) bond motifs is 1. The lowest BCUT2D eigenvalue weighted by Crippen LogP contribution is -2.08. The van der Waals surface area contributed by atoms with Crippen molar-refractivity contribution >= 4 is 16.9 Å². The lowest BCUT2D eigenvalue weighted by atomic mass is 10.1. The van der Waals surface area contributed by atoms with E-state index < -0.39 is 0 Å². The average Bonchev–Trinajstić information content (AvgIpc) is 3.15. The summed E-state index contributed by atoms with van der Waals surface area (Å²) in [6, 6.07) is 21.2. The molecule has 0 spiro atoms. The van der Waals surface area contributed by atoms with Gasteiger partial charge in [0.1, 0.15) is 17.8 Å². The van der Waals surface area contributed by atoms with Gasteiger partial charge in [-0.15, -0.1) is 0 Å². The zero-order valence-electron chi connectivity index (χ0n) is 15.5. The molecular formula is C22H23N5. The summed E-state index contributed by atoms with van der Waals surface area (Å²) in [5.41, 5.74) is 5.49. The van der Waals surface area contributed by atoms with Crippen LogP contribution in [0, 0.1) is 0 Å². The van der Waals surface area contributed by atoms with Crippen LogP contribution in [0.2, 0.25) is 0 Å². The first kappa shape index (κ1) is 17.2. The van der Waals surface area contributed by atoms with Crippen LogP contribution in [0.1, 0.15) is 24.1 Å². The Morgan fingerprint density at radius 3 is 2.52 bits per heavy atom. The minimum absolute atomic E-state index is 0.156. The van der Waals surface area contributed by atoms with Gasteiger partial charge in [0.2, 0.25) is 0 Å². The quantitative estimate of drug-likeness (QED) is 0.475. The summed E-state index contributed by atoms with van der Waals surface area (Å²) in [5.74, 6) is 0.839. The van der Waals surface area contributed by atoms with Gasteiger partial charge in [-0.1, -0.05) is 54.6 Å². The molecule has 2 aromatic carbocycles. The van der Waals surface area contributed by atoms with Gasteiger partial charge in [-0.25, -0.2) is 9.97 Å². The third kappa shape index (κ3) is 3.68. The van der Waals surface area contributed by atoms with Gasteiger partial charge in [0.15, 0.2) is 0 Å². The van der Waals surface area contributed by atoms with Crippen molar-refractivity contribution < 1.29 is 0 Å². The Balaban J connectivity index is 1.64. The minimum atomic E-state index is 0.156. The first-order valence-electron chi connectivity index (χ1n) is 9.13. The van der Waals surface area contributed by atoms with E-state index in [0.717, 1.165) is 34.7 Å². The molecule has 0 aliphatic rings. The number of aromatic amines is 1. The van der Waals surface area contributed by atoms with Crippen LogP contribution in [0.4, 0.5) is 5.82 Å². The highest BCUT2D eigenvalue weighted by Crippen LogP contribution is 2.29. The predicted molar refractivity (Wildman–Crippen MR) is 111 cm³/mol. The summed E-state index contributed by atoms with van der Waals surface area (Å²) in [4.78, 5) is 12.3. The van der Waals surface area contributed by atoms with Gasteiger partial charge < -0.3 is 15.6 Å². The van der Waals surface area contributed by atoms with Gasteiger partial charge in [-0.3, -0.25) is 0 Å². The van der Waals surface area contributed by atoms with Crippen molar-refractivity contribution in [3.8, 4) is 11.3 Å². The van der Waals surface area contributed by atoms with Crippen LogP contribution in [-0.2, 0) is 6.54 Å². The van der Waals surface area contributed by atoms with E-state index in [1.54, 1.807) is 6.33 Å². The number of hydrogen-bond acceptors (Lipinski definition) is 4. The van der Waals surface area contributed by atoms with Crippen LogP contribution in [0.5, 0.6) is 0 Å². The number of rotatable bonds is 6. The Morgan fingerprint density at radius 1 is 1.00 bits per heavy atom. The minimum Gasteiger partial charge on any atom is -0.363 e. The number of aromatic nitrogens is 3. The number of nitrogens with zero attached hydrogens (tertiary/aromatic N) is 2. The first-order chi connectivity index (χ1) is 13.2. The molecule has 4 rings (SSSR count). The van der Waals surface area contributed by atoms with Crippen molar-refractivity contribution in [1.82, 2.24) is 20.3 Å². The number of nitrogens with one attached hydrogen (secondary N) is 3. The molecule has 5 nitrogen and oxygen atoms in total. The smallest absolute Gasteiger partial charge is 0.143 e. The number of benzene rings is 2. The molecule has 3 N–H and O–H groups in total. The van der Waals surface area contributed by atoms with Gasteiger partial charge in [-0.2, -0.15) is 0 Å². The molecule has 5 heteroatoms. The molecule has 0 aliphatic carbocycles. The third-order valence-electron chi connectivity index (χ3n) is 4.72. The Bertz CT molecular complexity index is 1020. The van der Waals surface area contributed by atoms with Crippen molar-refractivity contribution in [2.24, 2.45) is 0 Å². The van der Waals surface area contributed by atoms with Crippen LogP contribution in [0.3, 0.4) is 0 Å². The SMILES string of the molecule is CNCc1ccc(-c2cc3c(N[C@H](C)c4ccccc4)ncnc3[nH]2)cc1. The van der Waals surface area contributed by atoms with Gasteiger partial charge in [-0.05, 0) is 36.7 Å². The number of hydrogen-bond donors (Lipinski definition) is 3. The Kier molecular flexibility index (Phi) is 4.85. The predicted octanol–water partition coefficient (Wildman–Crippen LogP) is 4.52. The maximum Gasteiger partial charge on any atom is 0.143 e. The molecule has 0 unspecified atom stereocenters. The van der Waals surface area contributed by atoms with E-state index in [0.29, 0.717) is 0 Å². The van der Waals surface area contributed by atoms with Crippen molar-refractivity contribution in [3.63, 3.8) is 0 Å². The lowest BCUT2D eigenvalue weighted by molar-refractivity contribution is 0.818. The summed E-state index contributed by atoms with van der Waals surface area (Å²) >= 11 is 0. The van der Waals surface area contributed by atoms with Gasteiger partial charge >= 0.3 is 0 Å². The monoisotopic (exact) mass is 357 g/mol. The summed E-state index contributed by atoms with van der Waals surface area (Å²) in [7, 11) is 1.95. The van der Waals surface area contributed by atoms with Crippen LogP contribution >= 0.6 is 0 Å². The van der Waals surface area contributed by atoms with Crippen LogP contribution < -0.4 is 10.6 Å². The highest BCUT2D eigenvalue weighted by atomic mass is 15.1. The van der Waals surface area contributed by atoms with Crippen LogP contribution in [-0.4, -0.2) is 22.0 Å². The van der Waals surface area contributed by atoms with E-state index in [9.17, 15) is 0 Å². The zero-order chi connectivity index (χ0) is 18.6. The fourth-order valence-corrected chi connectivity index (χ4v) is 3.25. The molecule has 136 valence electrons. The van der Waals surface area contributed by atoms with Crippen LogP contribution in [0.25, 0.3) is 22.3 Å². The molecule has 0 saturated heterocycles. The lowest BCUT2D eigenvalue weighted by Gasteiger charge is -2.15. The average molecular weight is 357 g/mol. The van der Waals surface area contributed by atoms with E-state index in [1.165, 1.54) is 11.1 Å². The molecule has 0 bridgehead atoms. The molecule has 4 aromatic rings. The largest absolute Gasteiger partial charge is 0.363 e. The topological polar surface area (TPSA) is 65.6 Å². The molecule has 2 heterocycles. The molecule has 0 fully saturated rings. The van der Waals surface area contributed by atoms with E-state index >= 15 is 0 Å². The molecular weight excluding hydrogens is 334 g/mol. The highest BCUT2D eigenvalue weighted by molar-refractivity contribution is 5.91. The molecule has 2 aromatic heterocycles. The van der Waals surface area contributed by atoms with Crippen molar-refractivity contribution in [3.05, 3.63) is 78.1 Å². The Hall–Kier alpha value is -3.18. The van der Waals surface area contributed by atoms with E-state index in [4.69, 9.17) is 0 Å². The molecule has 27 heavy (non-hydrogen) atoms. The molecule has 0 saturated carbocycles. The molecule has 0 aliphatic heterocycles. The Morgan fingerprint density at radius 2 is 1.78 bits per heavy atom. The second kappa shape index (κ2) is 7.60. The summed E-state index contributed by atoms with van der Waals surface area (Å²) in [5, 5.41) is 7.68. The van der Waals surface area contributed by atoms with E-state index in [-0.39, 0.29) is 6.04 Å². The van der Waals surface area contributed by atoms with E-state index in [1.807, 2.05) is 13.1 Å². The second-order valence-electron chi connectivity index (χ2n) is 6.67. The van der Waals surface area contributed by atoms with Crippen LogP contribution in [0.15, 0.2) is 67.0 Å². The summed E-state index contributed by atoms with van der Waals surface area (Å²) < 4.78 is 0. The van der Waals surface area contributed by atoms with Crippen molar-refractivity contribution in [2.75, 3.05) is 12.4 Å². The van der Waals surface area contributed by atoms with Crippen molar-refractivity contribution in [1.29, 1.82) is 0 Å². The van der Waals surface area contributed by atoms with Gasteiger partial charge in [0, 0.05) is 18.3 Å². The second-order valence-corrected chi connectivity index (χ2v) is 6.67. The normalized spacial score (nSPS) is 12.2. The molecule has 1 atom stereocenters. The molecule has 0 radical (unpaired) electrons.